The molecule has 0 bridgehead atoms. The molecule has 5 rings (SSSR count). The number of ether oxygens (including phenoxy) is 2. The molecule has 1 aromatic heterocycles. The number of nitrogens with zero attached hydrogens (tertiary/aromatic N) is 2. The van der Waals surface area contributed by atoms with Crippen LogP contribution in [0.3, 0.4) is 0 Å². The van der Waals surface area contributed by atoms with Gasteiger partial charge in [-0.2, -0.15) is 0 Å². The van der Waals surface area contributed by atoms with Crippen molar-refractivity contribution in [1.82, 2.24) is 9.80 Å². The average Bonchev–Trinajstić information content (AvgIpc) is 3.59. The van der Waals surface area contributed by atoms with E-state index < -0.39 is 0 Å². The maximum Gasteiger partial charge on any atom is 0.254 e. The minimum Gasteiger partial charge on any atom is -0.493 e. The zero-order chi connectivity index (χ0) is 24.2. The second kappa shape index (κ2) is 10.5. The van der Waals surface area contributed by atoms with Gasteiger partial charge >= 0.3 is 0 Å². The highest BCUT2D eigenvalue weighted by Crippen LogP contribution is 2.36. The molecular formula is C28H30N2O4S. The number of fused-ring (bicyclic) bond motifs is 1. The highest BCUT2D eigenvalue weighted by molar-refractivity contribution is 7.10. The molecule has 3 aromatic rings. The molecule has 0 spiro atoms. The molecule has 182 valence electrons. The fraction of sp³-hybridized carbons (Fsp3) is 0.357. The first-order chi connectivity index (χ1) is 17.1. The van der Waals surface area contributed by atoms with Crippen molar-refractivity contribution in [2.75, 3.05) is 33.4 Å². The Morgan fingerprint density at radius 2 is 1.77 bits per heavy atom. The number of benzene rings is 2. The largest absolute Gasteiger partial charge is 0.493 e. The molecule has 2 aliphatic rings. The van der Waals surface area contributed by atoms with Crippen molar-refractivity contribution in [3.8, 4) is 11.5 Å². The van der Waals surface area contributed by atoms with Crippen LogP contribution in [0.5, 0.6) is 11.5 Å². The lowest BCUT2D eigenvalue weighted by atomic mass is 10.00. The van der Waals surface area contributed by atoms with E-state index in [0.29, 0.717) is 42.7 Å². The zero-order valence-corrected chi connectivity index (χ0v) is 20.7. The quantitative estimate of drug-likeness (QED) is 0.432. The molecule has 2 heterocycles. The number of hydrogen-bond acceptors (Lipinski definition) is 5. The summed E-state index contributed by atoms with van der Waals surface area (Å²) in [6.07, 6.45) is 3.05. The Hall–Kier alpha value is -3.32. The standard InChI is InChI=1S/C28H30N2O4S/c1-33-24-9-5-6-10-25(24)34-19-23-22-14-16-35-26(22)13-15-30(23)27(31)18-29(17-20-11-12-20)28(32)21-7-3-2-4-8-21/h2-10,14,16,20,23H,11-13,15,17-19H2,1H3/t23-/m0/s1. The number of rotatable bonds is 9. The van der Waals surface area contributed by atoms with E-state index in [1.54, 1.807) is 23.3 Å². The number of carbonyl (C=O) groups is 2. The highest BCUT2D eigenvalue weighted by atomic mass is 32.1. The van der Waals surface area contributed by atoms with Gasteiger partial charge in [0, 0.05) is 23.5 Å². The van der Waals surface area contributed by atoms with Crippen LogP contribution < -0.4 is 9.47 Å². The molecule has 1 fully saturated rings. The highest BCUT2D eigenvalue weighted by Gasteiger charge is 2.35. The summed E-state index contributed by atoms with van der Waals surface area (Å²) in [4.78, 5) is 31.9. The molecule has 7 heteroatoms. The lowest BCUT2D eigenvalue weighted by molar-refractivity contribution is -0.135. The van der Waals surface area contributed by atoms with E-state index in [1.165, 1.54) is 4.88 Å². The van der Waals surface area contributed by atoms with Gasteiger partial charge in [0.1, 0.15) is 13.2 Å². The van der Waals surface area contributed by atoms with Crippen LogP contribution in [-0.2, 0) is 11.2 Å². The van der Waals surface area contributed by atoms with Crippen LogP contribution in [0.25, 0.3) is 0 Å². The van der Waals surface area contributed by atoms with E-state index in [9.17, 15) is 9.59 Å². The predicted octanol–water partition coefficient (Wildman–Crippen LogP) is 4.81. The minimum atomic E-state index is -0.211. The first kappa shape index (κ1) is 23.4. The molecule has 0 unspecified atom stereocenters. The Morgan fingerprint density at radius 1 is 1.03 bits per heavy atom. The summed E-state index contributed by atoms with van der Waals surface area (Å²) in [5, 5.41) is 2.08. The molecule has 1 aliphatic carbocycles. The Morgan fingerprint density at radius 3 is 2.51 bits per heavy atom. The molecule has 35 heavy (non-hydrogen) atoms. The second-order valence-corrected chi connectivity index (χ2v) is 10.1. The van der Waals surface area contributed by atoms with Crippen molar-refractivity contribution >= 4 is 23.2 Å². The molecule has 0 N–H and O–H groups in total. The third-order valence-corrected chi connectivity index (χ3v) is 7.69. The van der Waals surface area contributed by atoms with Crippen LogP contribution >= 0.6 is 11.3 Å². The van der Waals surface area contributed by atoms with Crippen LogP contribution in [0.1, 0.15) is 39.7 Å². The van der Waals surface area contributed by atoms with Crippen LogP contribution in [-0.4, -0.2) is 55.0 Å². The average molecular weight is 491 g/mol. The molecular weight excluding hydrogens is 460 g/mol. The van der Waals surface area contributed by atoms with Gasteiger partial charge in [0.25, 0.3) is 5.91 Å². The summed E-state index contributed by atoms with van der Waals surface area (Å²) in [5.41, 5.74) is 1.75. The number of para-hydroxylation sites is 2. The maximum atomic E-state index is 13.7. The summed E-state index contributed by atoms with van der Waals surface area (Å²) >= 11 is 1.72. The van der Waals surface area contributed by atoms with Crippen molar-refractivity contribution in [3.63, 3.8) is 0 Å². The maximum absolute atomic E-state index is 13.7. The van der Waals surface area contributed by atoms with Crippen molar-refractivity contribution in [2.24, 2.45) is 5.92 Å². The van der Waals surface area contributed by atoms with Crippen molar-refractivity contribution in [3.05, 3.63) is 82.0 Å². The summed E-state index contributed by atoms with van der Waals surface area (Å²) in [7, 11) is 1.62. The number of thiophene rings is 1. The predicted molar refractivity (Wildman–Crippen MR) is 136 cm³/mol. The molecule has 6 nitrogen and oxygen atoms in total. The van der Waals surface area contributed by atoms with Crippen molar-refractivity contribution < 1.29 is 19.1 Å². The third kappa shape index (κ3) is 5.35. The first-order valence-corrected chi connectivity index (χ1v) is 13.0. The molecule has 1 saturated carbocycles. The van der Waals surface area contributed by atoms with E-state index in [1.807, 2.05) is 59.5 Å². The van der Waals surface area contributed by atoms with Crippen LogP contribution in [0.2, 0.25) is 0 Å². The number of methoxy groups -OCH3 is 1. The van der Waals surface area contributed by atoms with Gasteiger partial charge in [-0.05, 0) is 66.5 Å². The summed E-state index contributed by atoms with van der Waals surface area (Å²) in [6, 6.07) is 18.7. The first-order valence-electron chi connectivity index (χ1n) is 12.1. The summed E-state index contributed by atoms with van der Waals surface area (Å²) < 4.78 is 11.6. The second-order valence-electron chi connectivity index (χ2n) is 9.11. The van der Waals surface area contributed by atoms with Gasteiger partial charge in [0.2, 0.25) is 5.91 Å². The Kier molecular flexibility index (Phi) is 7.04. The van der Waals surface area contributed by atoms with Gasteiger partial charge in [-0.1, -0.05) is 30.3 Å². The van der Waals surface area contributed by atoms with Crippen LogP contribution in [0, 0.1) is 5.92 Å². The monoisotopic (exact) mass is 490 g/mol. The van der Waals surface area contributed by atoms with E-state index in [4.69, 9.17) is 9.47 Å². The molecule has 2 amide bonds. The summed E-state index contributed by atoms with van der Waals surface area (Å²) in [5.74, 6) is 1.68. The van der Waals surface area contributed by atoms with Gasteiger partial charge in [-0.15, -0.1) is 11.3 Å². The van der Waals surface area contributed by atoms with Gasteiger partial charge in [0.15, 0.2) is 11.5 Å². The number of amides is 2. The lowest BCUT2D eigenvalue weighted by Gasteiger charge is -2.37. The van der Waals surface area contributed by atoms with Crippen molar-refractivity contribution in [1.29, 1.82) is 0 Å². The molecule has 2 aromatic carbocycles. The number of carbonyl (C=O) groups excluding carboxylic acids is 2. The van der Waals surface area contributed by atoms with Gasteiger partial charge in [-0.3, -0.25) is 9.59 Å². The topological polar surface area (TPSA) is 59.1 Å². The fourth-order valence-electron chi connectivity index (χ4n) is 4.63. The van der Waals surface area contributed by atoms with Crippen LogP contribution in [0.15, 0.2) is 66.0 Å². The van der Waals surface area contributed by atoms with Gasteiger partial charge in [0.05, 0.1) is 13.2 Å². The molecule has 0 saturated heterocycles. The van der Waals surface area contributed by atoms with Gasteiger partial charge < -0.3 is 19.3 Å². The minimum absolute atomic E-state index is 0.0413. The van der Waals surface area contributed by atoms with E-state index in [0.717, 1.165) is 24.8 Å². The Labute approximate surface area is 210 Å². The van der Waals surface area contributed by atoms with E-state index >= 15 is 0 Å². The Balaban J connectivity index is 1.35. The van der Waals surface area contributed by atoms with Gasteiger partial charge in [-0.25, -0.2) is 0 Å². The van der Waals surface area contributed by atoms with Crippen LogP contribution in [0.4, 0.5) is 0 Å². The van der Waals surface area contributed by atoms with Crippen molar-refractivity contribution in [2.45, 2.75) is 25.3 Å². The Bertz CT molecular complexity index is 1170. The fourth-order valence-corrected chi connectivity index (χ4v) is 5.56. The van der Waals surface area contributed by atoms with E-state index in [2.05, 4.69) is 11.4 Å². The SMILES string of the molecule is COc1ccccc1OC[C@H]1c2ccsc2CCN1C(=O)CN(CC1CC1)C(=O)c1ccccc1. The normalized spacial score (nSPS) is 16.9. The molecule has 1 atom stereocenters. The summed E-state index contributed by atoms with van der Waals surface area (Å²) in [6.45, 7) is 1.64. The molecule has 0 radical (unpaired) electrons. The number of hydrogen-bond donors (Lipinski definition) is 0. The molecule has 1 aliphatic heterocycles. The smallest absolute Gasteiger partial charge is 0.254 e. The zero-order valence-electron chi connectivity index (χ0n) is 19.9. The lowest BCUT2D eigenvalue weighted by Crippen LogP contribution is -2.48. The third-order valence-electron chi connectivity index (χ3n) is 6.69. The van der Waals surface area contributed by atoms with E-state index in [-0.39, 0.29) is 24.4 Å².